The molecule has 0 spiro atoms. The van der Waals surface area contributed by atoms with Crippen LogP contribution in [0.2, 0.25) is 0 Å². The molecule has 0 aliphatic heterocycles. The summed E-state index contributed by atoms with van der Waals surface area (Å²) in [6.07, 6.45) is 20.9. The van der Waals surface area contributed by atoms with Gasteiger partial charge in [-0.15, -0.1) is 0 Å². The van der Waals surface area contributed by atoms with E-state index in [1.165, 1.54) is 38.5 Å². The van der Waals surface area contributed by atoms with E-state index in [1.807, 2.05) is 0 Å². The fraction of sp³-hybridized carbons (Fsp3) is 0.821. The van der Waals surface area contributed by atoms with Gasteiger partial charge in [-0.25, -0.2) is 4.57 Å². The van der Waals surface area contributed by atoms with Gasteiger partial charge in [-0.3, -0.25) is 13.8 Å². The molecule has 0 amide bonds. The lowest BCUT2D eigenvalue weighted by atomic mass is 9.85. The highest BCUT2D eigenvalue weighted by atomic mass is 31.2. The van der Waals surface area contributed by atoms with Gasteiger partial charge < -0.3 is 39.9 Å². The van der Waals surface area contributed by atoms with E-state index in [0.717, 1.165) is 77.0 Å². The van der Waals surface area contributed by atoms with Crippen LogP contribution in [-0.2, 0) is 27.9 Å². The smallest absolute Gasteiger partial charge is 0.457 e. The quantitative estimate of drug-likeness (QED) is 0.0183. The molecule has 1 fully saturated rings. The molecule has 1 aliphatic rings. The number of carbonyl (C=O) groups excluding carboxylic acids is 1. The molecule has 1 rings (SSSR count). The molecule has 0 heterocycles. The lowest BCUT2D eigenvalue weighted by Crippen LogP contribution is -2.64. The molecule has 0 aromatic heterocycles. The summed E-state index contributed by atoms with van der Waals surface area (Å²) in [5.74, 6) is -0.490. The topological polar surface area (TPSA) is 192 Å². The SMILES string of the molecule is CC/C=C\C/C=C\C/C=C\CCCCCCCCCC(=O)OC(COCCCCCCCCCC)COP(=O)(O)OC1C(O)C(O)C(O)C(O)C1O. The molecule has 6 atom stereocenters. The van der Waals surface area contributed by atoms with E-state index in [4.69, 9.17) is 18.5 Å². The number of hydrogen-bond donors (Lipinski definition) is 6. The Morgan fingerprint density at radius 1 is 0.635 bits per heavy atom. The highest BCUT2D eigenvalue weighted by molar-refractivity contribution is 7.47. The molecular formula is C39H71O12P. The van der Waals surface area contributed by atoms with Crippen LogP contribution >= 0.6 is 7.82 Å². The fourth-order valence-electron chi connectivity index (χ4n) is 5.84. The van der Waals surface area contributed by atoms with Crippen molar-refractivity contribution >= 4 is 13.8 Å². The summed E-state index contributed by atoms with van der Waals surface area (Å²) in [5.41, 5.74) is 0. The molecule has 13 heteroatoms. The second kappa shape index (κ2) is 30.8. The zero-order valence-corrected chi connectivity index (χ0v) is 32.7. The highest BCUT2D eigenvalue weighted by Gasteiger charge is 2.51. The van der Waals surface area contributed by atoms with Crippen LogP contribution in [0.3, 0.4) is 0 Å². The number of allylic oxidation sites excluding steroid dienone is 6. The molecule has 6 unspecified atom stereocenters. The minimum atomic E-state index is -5.01. The third kappa shape index (κ3) is 23.4. The molecule has 0 saturated heterocycles. The maximum absolute atomic E-state index is 12.7. The van der Waals surface area contributed by atoms with Crippen LogP contribution in [0, 0.1) is 0 Å². The summed E-state index contributed by atoms with van der Waals surface area (Å²) in [7, 11) is -5.01. The number of aliphatic hydroxyl groups excluding tert-OH is 5. The van der Waals surface area contributed by atoms with Gasteiger partial charge in [0.1, 0.15) is 42.7 Å². The van der Waals surface area contributed by atoms with Crippen molar-refractivity contribution in [2.24, 2.45) is 0 Å². The van der Waals surface area contributed by atoms with Gasteiger partial charge in [-0.1, -0.05) is 127 Å². The molecule has 0 radical (unpaired) electrons. The molecule has 304 valence electrons. The minimum Gasteiger partial charge on any atom is -0.457 e. The Bertz CT molecular complexity index is 1010. The van der Waals surface area contributed by atoms with Crippen LogP contribution in [0.25, 0.3) is 0 Å². The molecule has 0 aromatic carbocycles. The summed E-state index contributed by atoms with van der Waals surface area (Å²) in [5, 5.41) is 49.9. The van der Waals surface area contributed by atoms with Gasteiger partial charge in [-0.05, 0) is 44.9 Å². The first-order chi connectivity index (χ1) is 25.0. The van der Waals surface area contributed by atoms with E-state index in [0.29, 0.717) is 13.0 Å². The van der Waals surface area contributed by atoms with Crippen LogP contribution in [0.1, 0.15) is 142 Å². The maximum atomic E-state index is 12.7. The molecule has 0 aromatic rings. The van der Waals surface area contributed by atoms with Crippen LogP contribution < -0.4 is 0 Å². The summed E-state index contributed by atoms with van der Waals surface area (Å²) in [6, 6.07) is 0. The van der Waals surface area contributed by atoms with E-state index in [9.17, 15) is 39.8 Å². The Morgan fingerprint density at radius 2 is 1.13 bits per heavy atom. The van der Waals surface area contributed by atoms with E-state index in [2.05, 4.69) is 50.3 Å². The first kappa shape index (κ1) is 48.6. The molecule has 6 N–H and O–H groups in total. The van der Waals surface area contributed by atoms with E-state index in [-0.39, 0.29) is 13.0 Å². The molecular weight excluding hydrogens is 691 g/mol. The summed E-state index contributed by atoms with van der Waals surface area (Å²) < 4.78 is 33.9. The Labute approximate surface area is 312 Å². The van der Waals surface area contributed by atoms with Crippen molar-refractivity contribution < 1.29 is 58.3 Å². The number of aliphatic hydroxyl groups is 5. The second-order valence-electron chi connectivity index (χ2n) is 13.8. The monoisotopic (exact) mass is 762 g/mol. The number of phosphoric acid groups is 1. The number of carbonyl (C=O) groups is 1. The van der Waals surface area contributed by atoms with Gasteiger partial charge in [0.05, 0.1) is 13.2 Å². The minimum absolute atomic E-state index is 0.0803. The van der Waals surface area contributed by atoms with Gasteiger partial charge in [0.25, 0.3) is 0 Å². The van der Waals surface area contributed by atoms with Crippen molar-refractivity contribution in [2.45, 2.75) is 185 Å². The van der Waals surface area contributed by atoms with Crippen molar-refractivity contribution in [1.29, 1.82) is 0 Å². The maximum Gasteiger partial charge on any atom is 0.472 e. The number of esters is 1. The Hall–Kier alpha value is -1.44. The Kier molecular flexibility index (Phi) is 28.8. The average Bonchev–Trinajstić information content (AvgIpc) is 3.12. The third-order valence-corrected chi connectivity index (χ3v) is 10.0. The molecule has 12 nitrogen and oxygen atoms in total. The first-order valence-corrected chi connectivity index (χ1v) is 21.3. The van der Waals surface area contributed by atoms with Crippen molar-refractivity contribution in [3.05, 3.63) is 36.5 Å². The lowest BCUT2D eigenvalue weighted by molar-refractivity contribution is -0.220. The third-order valence-electron chi connectivity index (χ3n) is 9.03. The lowest BCUT2D eigenvalue weighted by Gasteiger charge is -2.41. The number of unbranched alkanes of at least 4 members (excludes halogenated alkanes) is 14. The van der Waals surface area contributed by atoms with Crippen LogP contribution in [-0.4, -0.2) is 98.9 Å². The number of ether oxygens (including phenoxy) is 2. The number of hydrogen-bond acceptors (Lipinski definition) is 11. The molecule has 52 heavy (non-hydrogen) atoms. The van der Waals surface area contributed by atoms with Crippen LogP contribution in [0.15, 0.2) is 36.5 Å². The average molecular weight is 763 g/mol. The number of phosphoric ester groups is 1. The van der Waals surface area contributed by atoms with E-state index >= 15 is 0 Å². The van der Waals surface area contributed by atoms with Crippen LogP contribution in [0.5, 0.6) is 0 Å². The summed E-state index contributed by atoms with van der Waals surface area (Å²) in [6.45, 7) is 4.08. The van der Waals surface area contributed by atoms with Gasteiger partial charge in [-0.2, -0.15) is 0 Å². The van der Waals surface area contributed by atoms with Gasteiger partial charge >= 0.3 is 13.8 Å². The van der Waals surface area contributed by atoms with Crippen LogP contribution in [0.4, 0.5) is 0 Å². The zero-order chi connectivity index (χ0) is 38.5. The standard InChI is InChI=1S/C39H71O12P/c1-3-5-7-9-11-13-14-15-16-17-18-19-20-21-22-24-26-28-33(40)50-32(30-48-29-27-25-23-12-10-8-6-4-2)31-49-52(46,47)51-39-37(44)35(42)34(41)36(43)38(39)45/h5,7,11,13,15-16,32,34-39,41-45H,3-4,6,8-10,12,14,17-31H2,1-2H3,(H,46,47)/b7-5-,13-11-,16-15-. The Morgan fingerprint density at radius 3 is 1.73 bits per heavy atom. The molecule has 0 bridgehead atoms. The van der Waals surface area contributed by atoms with Crippen molar-refractivity contribution in [1.82, 2.24) is 0 Å². The fourth-order valence-corrected chi connectivity index (χ4v) is 6.81. The second-order valence-corrected chi connectivity index (χ2v) is 15.2. The zero-order valence-electron chi connectivity index (χ0n) is 31.8. The molecule has 1 aliphatic carbocycles. The molecule has 1 saturated carbocycles. The van der Waals surface area contributed by atoms with Gasteiger partial charge in [0.15, 0.2) is 0 Å². The predicted octanol–water partition coefficient (Wildman–Crippen LogP) is 6.75. The van der Waals surface area contributed by atoms with Crippen molar-refractivity contribution in [2.75, 3.05) is 19.8 Å². The predicted molar refractivity (Wildman–Crippen MR) is 202 cm³/mol. The van der Waals surface area contributed by atoms with Crippen molar-refractivity contribution in [3.8, 4) is 0 Å². The largest absolute Gasteiger partial charge is 0.472 e. The van der Waals surface area contributed by atoms with Gasteiger partial charge in [0, 0.05) is 13.0 Å². The summed E-state index contributed by atoms with van der Waals surface area (Å²) in [4.78, 5) is 23.0. The van der Waals surface area contributed by atoms with Crippen molar-refractivity contribution in [3.63, 3.8) is 0 Å². The normalized spacial score (nSPS) is 24.2. The van der Waals surface area contributed by atoms with Gasteiger partial charge in [0.2, 0.25) is 0 Å². The Balaban J connectivity index is 2.43. The summed E-state index contributed by atoms with van der Waals surface area (Å²) >= 11 is 0. The van der Waals surface area contributed by atoms with E-state index < -0.39 is 63.1 Å². The first-order valence-electron chi connectivity index (χ1n) is 19.8. The number of rotatable bonds is 32. The van der Waals surface area contributed by atoms with E-state index in [1.54, 1.807) is 0 Å². The highest BCUT2D eigenvalue weighted by Crippen LogP contribution is 2.47.